The van der Waals surface area contributed by atoms with Crippen molar-refractivity contribution < 1.29 is 18.0 Å². The molecule has 10 heteroatoms. The van der Waals surface area contributed by atoms with Gasteiger partial charge in [-0.25, -0.2) is 9.98 Å². The second-order valence-electron chi connectivity index (χ2n) is 5.73. The van der Waals surface area contributed by atoms with Gasteiger partial charge < -0.3 is 15.5 Å². The Kier molecular flexibility index (Phi) is 8.14. The number of carbonyl (C=O) groups is 1. The Morgan fingerprint density at radius 3 is 2.60 bits per heavy atom. The van der Waals surface area contributed by atoms with E-state index in [1.807, 2.05) is 12.3 Å². The number of rotatable bonds is 7. The van der Waals surface area contributed by atoms with Crippen molar-refractivity contribution in [1.29, 1.82) is 0 Å². The first-order chi connectivity index (χ1) is 11.6. The van der Waals surface area contributed by atoms with Crippen LogP contribution in [0.3, 0.4) is 0 Å². The highest BCUT2D eigenvalue weighted by Gasteiger charge is 2.31. The van der Waals surface area contributed by atoms with Crippen LogP contribution in [0.5, 0.6) is 0 Å². The van der Waals surface area contributed by atoms with E-state index in [-0.39, 0.29) is 6.54 Å². The number of aromatic nitrogens is 1. The molecule has 6 nitrogen and oxygen atoms in total. The van der Waals surface area contributed by atoms with Crippen LogP contribution >= 0.6 is 11.3 Å². The minimum Gasteiger partial charge on any atom is -0.357 e. The largest absolute Gasteiger partial charge is 0.406 e. The van der Waals surface area contributed by atoms with Crippen LogP contribution in [-0.2, 0) is 11.3 Å². The standard InChI is InChI=1S/C15H24F3N5OS/c1-5-19-14(20-6-12-22-11(8-25-12)10(2)3)21-7-13(24)23(4)9-15(16,17)18/h8,10H,5-7,9H2,1-4H3,(H2,19,20,21). The van der Waals surface area contributed by atoms with Gasteiger partial charge in [0.25, 0.3) is 0 Å². The maximum Gasteiger partial charge on any atom is 0.406 e. The minimum absolute atomic E-state index is 0.341. The third kappa shape index (κ3) is 8.19. The van der Waals surface area contributed by atoms with Crippen molar-refractivity contribution in [2.24, 2.45) is 4.99 Å². The zero-order valence-corrected chi connectivity index (χ0v) is 15.6. The first-order valence-electron chi connectivity index (χ1n) is 7.89. The zero-order chi connectivity index (χ0) is 19.0. The van der Waals surface area contributed by atoms with Crippen LogP contribution < -0.4 is 10.6 Å². The number of hydrogen-bond acceptors (Lipinski definition) is 4. The fourth-order valence-corrected chi connectivity index (χ4v) is 2.69. The number of aliphatic imine (C=N–C) groups is 1. The molecule has 0 fully saturated rings. The summed E-state index contributed by atoms with van der Waals surface area (Å²) in [5.41, 5.74) is 1.01. The molecular weight excluding hydrogens is 355 g/mol. The highest BCUT2D eigenvalue weighted by atomic mass is 32.1. The summed E-state index contributed by atoms with van der Waals surface area (Å²) in [7, 11) is 1.11. The molecule has 25 heavy (non-hydrogen) atoms. The van der Waals surface area contributed by atoms with Crippen molar-refractivity contribution >= 4 is 23.2 Å². The number of hydrogen-bond donors (Lipinski definition) is 2. The molecule has 0 unspecified atom stereocenters. The molecule has 0 spiro atoms. The molecule has 1 aromatic heterocycles. The Balaban J connectivity index is 2.59. The van der Waals surface area contributed by atoms with Crippen molar-refractivity contribution in [2.75, 3.05) is 26.7 Å². The molecule has 0 saturated heterocycles. The molecule has 1 aromatic rings. The third-order valence-corrected chi connectivity index (χ3v) is 3.99. The Labute approximate surface area is 149 Å². The average molecular weight is 379 g/mol. The summed E-state index contributed by atoms with van der Waals surface area (Å²) in [5, 5.41) is 8.83. The molecule has 0 atom stereocenters. The van der Waals surface area contributed by atoms with Gasteiger partial charge in [-0.1, -0.05) is 13.8 Å². The minimum atomic E-state index is -4.42. The SMILES string of the molecule is CCNC(=NCC(=O)N(C)CC(F)(F)F)NCc1nc(C(C)C)cs1. The van der Waals surface area contributed by atoms with E-state index in [0.717, 1.165) is 17.7 Å². The van der Waals surface area contributed by atoms with Gasteiger partial charge in [-0.3, -0.25) is 4.79 Å². The predicted octanol–water partition coefficient (Wildman–Crippen LogP) is 2.34. The fraction of sp³-hybridized carbons (Fsp3) is 0.667. The van der Waals surface area contributed by atoms with Crippen molar-refractivity contribution in [3.63, 3.8) is 0 Å². The summed E-state index contributed by atoms with van der Waals surface area (Å²) < 4.78 is 36.9. The number of nitrogens with one attached hydrogen (secondary N) is 2. The topological polar surface area (TPSA) is 69.6 Å². The van der Waals surface area contributed by atoms with Crippen molar-refractivity contribution in [2.45, 2.75) is 39.4 Å². The zero-order valence-electron chi connectivity index (χ0n) is 14.8. The molecule has 2 N–H and O–H groups in total. The lowest BCUT2D eigenvalue weighted by Crippen LogP contribution is -2.40. The maximum absolute atomic E-state index is 12.3. The second kappa shape index (κ2) is 9.59. The van der Waals surface area contributed by atoms with E-state index < -0.39 is 18.6 Å². The molecule has 0 bridgehead atoms. The summed E-state index contributed by atoms with van der Waals surface area (Å²) in [5.74, 6) is -0.00266. The molecule has 1 heterocycles. The van der Waals surface area contributed by atoms with E-state index in [4.69, 9.17) is 0 Å². The van der Waals surface area contributed by atoms with Gasteiger partial charge in [0, 0.05) is 19.0 Å². The van der Waals surface area contributed by atoms with Gasteiger partial charge >= 0.3 is 6.18 Å². The number of alkyl halides is 3. The lowest BCUT2D eigenvalue weighted by Gasteiger charge is -2.18. The average Bonchev–Trinajstić information content (AvgIpc) is 2.97. The van der Waals surface area contributed by atoms with Crippen LogP contribution in [0.2, 0.25) is 0 Å². The maximum atomic E-state index is 12.3. The molecular formula is C15H24F3N5OS. The lowest BCUT2D eigenvalue weighted by atomic mass is 10.2. The van der Waals surface area contributed by atoms with E-state index in [1.54, 1.807) is 0 Å². The van der Waals surface area contributed by atoms with Crippen molar-refractivity contribution in [1.82, 2.24) is 20.5 Å². The van der Waals surface area contributed by atoms with Gasteiger partial charge in [0.05, 0.1) is 12.2 Å². The van der Waals surface area contributed by atoms with Crippen molar-refractivity contribution in [3.8, 4) is 0 Å². The highest BCUT2D eigenvalue weighted by molar-refractivity contribution is 7.09. The molecule has 1 amide bonds. The third-order valence-electron chi connectivity index (χ3n) is 3.13. The first kappa shape index (κ1) is 21.2. The lowest BCUT2D eigenvalue weighted by molar-refractivity contribution is -0.157. The molecule has 142 valence electrons. The van der Waals surface area contributed by atoms with E-state index in [2.05, 4.69) is 34.5 Å². The molecule has 0 saturated carbocycles. The monoisotopic (exact) mass is 379 g/mol. The van der Waals surface area contributed by atoms with Gasteiger partial charge in [-0.15, -0.1) is 11.3 Å². The normalized spacial score (nSPS) is 12.4. The van der Waals surface area contributed by atoms with Crippen LogP contribution in [0.1, 0.15) is 37.4 Å². The van der Waals surface area contributed by atoms with Crippen LogP contribution in [0.25, 0.3) is 0 Å². The smallest absolute Gasteiger partial charge is 0.357 e. The molecule has 0 radical (unpaired) electrons. The van der Waals surface area contributed by atoms with Crippen LogP contribution in [0, 0.1) is 0 Å². The number of nitrogens with zero attached hydrogens (tertiary/aromatic N) is 3. The van der Waals surface area contributed by atoms with E-state index >= 15 is 0 Å². The molecule has 0 aliphatic carbocycles. The second-order valence-corrected chi connectivity index (χ2v) is 6.68. The Hall–Kier alpha value is -1.84. The quantitative estimate of drug-likeness (QED) is 0.564. The number of likely N-dealkylation sites (N-methyl/N-ethyl adjacent to an activating group) is 1. The van der Waals surface area contributed by atoms with E-state index in [9.17, 15) is 18.0 Å². The number of guanidine groups is 1. The number of carbonyl (C=O) groups excluding carboxylic acids is 1. The van der Waals surface area contributed by atoms with Crippen molar-refractivity contribution in [3.05, 3.63) is 16.1 Å². The molecule has 1 rings (SSSR count). The van der Waals surface area contributed by atoms with Gasteiger partial charge in [-0.2, -0.15) is 13.2 Å². The molecule has 0 aromatic carbocycles. The fourth-order valence-electron chi connectivity index (χ4n) is 1.80. The Bertz CT molecular complexity index is 586. The Morgan fingerprint density at radius 2 is 2.08 bits per heavy atom. The van der Waals surface area contributed by atoms with Gasteiger partial charge in [-0.05, 0) is 12.8 Å². The summed E-state index contributed by atoms with van der Waals surface area (Å²) in [6.07, 6.45) is -4.42. The van der Waals surface area contributed by atoms with E-state index in [0.29, 0.717) is 29.9 Å². The Morgan fingerprint density at radius 1 is 1.40 bits per heavy atom. The number of halogens is 3. The van der Waals surface area contributed by atoms with Gasteiger partial charge in [0.1, 0.15) is 18.1 Å². The first-order valence-corrected chi connectivity index (χ1v) is 8.77. The summed E-state index contributed by atoms with van der Waals surface area (Å²) in [4.78, 5) is 20.9. The summed E-state index contributed by atoms with van der Waals surface area (Å²) in [6.45, 7) is 5.31. The number of amides is 1. The number of thiazole rings is 1. The van der Waals surface area contributed by atoms with E-state index in [1.165, 1.54) is 11.3 Å². The highest BCUT2D eigenvalue weighted by Crippen LogP contribution is 2.17. The van der Waals surface area contributed by atoms with Crippen LogP contribution in [0.4, 0.5) is 13.2 Å². The molecule has 0 aliphatic heterocycles. The molecule has 0 aliphatic rings. The van der Waals surface area contributed by atoms with Gasteiger partial charge in [0.2, 0.25) is 5.91 Å². The van der Waals surface area contributed by atoms with Crippen LogP contribution in [-0.4, -0.2) is 54.6 Å². The van der Waals surface area contributed by atoms with Gasteiger partial charge in [0.15, 0.2) is 5.96 Å². The predicted molar refractivity (Wildman–Crippen MR) is 92.7 cm³/mol. The summed E-state index contributed by atoms with van der Waals surface area (Å²) >= 11 is 1.52. The summed E-state index contributed by atoms with van der Waals surface area (Å²) in [6, 6.07) is 0. The van der Waals surface area contributed by atoms with Crippen LogP contribution in [0.15, 0.2) is 10.4 Å².